The van der Waals surface area contributed by atoms with Crippen LogP contribution in [0.2, 0.25) is 0 Å². The van der Waals surface area contributed by atoms with Crippen molar-refractivity contribution < 1.29 is 0 Å². The highest BCUT2D eigenvalue weighted by Crippen LogP contribution is 2.39. The van der Waals surface area contributed by atoms with Gasteiger partial charge in [-0.15, -0.1) is 0 Å². The van der Waals surface area contributed by atoms with E-state index in [0.29, 0.717) is 11.7 Å². The lowest BCUT2D eigenvalue weighted by atomic mass is 10.1. The largest absolute Gasteiger partial charge is 0.383 e. The third-order valence-electron chi connectivity index (χ3n) is 3.12. The van der Waals surface area contributed by atoms with E-state index in [9.17, 15) is 0 Å². The predicted octanol–water partition coefficient (Wildman–Crippen LogP) is 1.65. The van der Waals surface area contributed by atoms with Crippen molar-refractivity contribution in [1.29, 1.82) is 0 Å². The van der Waals surface area contributed by atoms with Gasteiger partial charge in [-0.25, -0.2) is 9.97 Å². The second-order valence-corrected chi connectivity index (χ2v) is 4.62. The second kappa shape index (κ2) is 3.55. The molecule has 2 aromatic heterocycles. The normalized spacial score (nSPS) is 15.2. The van der Waals surface area contributed by atoms with Crippen molar-refractivity contribution in [2.45, 2.75) is 25.7 Å². The average molecular weight is 229 g/mol. The second-order valence-electron chi connectivity index (χ2n) is 4.62. The summed E-state index contributed by atoms with van der Waals surface area (Å²) in [7, 11) is 1.89. The van der Waals surface area contributed by atoms with Gasteiger partial charge >= 0.3 is 0 Å². The summed E-state index contributed by atoms with van der Waals surface area (Å²) in [5.74, 6) is 1.97. The Labute approximate surface area is 99.7 Å². The van der Waals surface area contributed by atoms with Gasteiger partial charge < -0.3 is 5.73 Å². The number of aryl methyl sites for hydroxylation is 1. The quantitative estimate of drug-likeness (QED) is 0.850. The summed E-state index contributed by atoms with van der Waals surface area (Å²) >= 11 is 0. The van der Waals surface area contributed by atoms with Crippen molar-refractivity contribution in [3.63, 3.8) is 0 Å². The Balaban J connectivity index is 2.13. The maximum Gasteiger partial charge on any atom is 0.134 e. The molecule has 2 N–H and O–H groups in total. The first-order valence-electron chi connectivity index (χ1n) is 5.78. The van der Waals surface area contributed by atoms with Crippen LogP contribution in [0.5, 0.6) is 0 Å². The van der Waals surface area contributed by atoms with Crippen LogP contribution >= 0.6 is 0 Å². The first-order chi connectivity index (χ1) is 8.15. The van der Waals surface area contributed by atoms with Gasteiger partial charge in [0, 0.05) is 30.3 Å². The van der Waals surface area contributed by atoms with Crippen LogP contribution in [0, 0.1) is 6.92 Å². The summed E-state index contributed by atoms with van der Waals surface area (Å²) in [5.41, 5.74) is 8.80. The standard InChI is InChI=1S/C12H15N5/c1-7-10(9-5-14-17(2)6-9)15-12(8-3-4-8)16-11(7)13/h5-6,8H,3-4H2,1-2H3,(H2,13,15,16). The van der Waals surface area contributed by atoms with Gasteiger partial charge in [-0.05, 0) is 19.8 Å². The number of aromatic nitrogens is 4. The number of nitrogen functional groups attached to an aromatic ring is 1. The molecular formula is C12H15N5. The molecule has 0 unspecified atom stereocenters. The summed E-state index contributed by atoms with van der Waals surface area (Å²) in [6, 6.07) is 0. The maximum absolute atomic E-state index is 5.95. The fourth-order valence-corrected chi connectivity index (χ4v) is 1.90. The lowest BCUT2D eigenvalue weighted by Gasteiger charge is -2.07. The van der Waals surface area contributed by atoms with Crippen molar-refractivity contribution in [3.8, 4) is 11.3 Å². The molecule has 1 saturated carbocycles. The van der Waals surface area contributed by atoms with Gasteiger partial charge in [-0.2, -0.15) is 5.10 Å². The van der Waals surface area contributed by atoms with Gasteiger partial charge in [0.1, 0.15) is 11.6 Å². The van der Waals surface area contributed by atoms with Crippen molar-refractivity contribution >= 4 is 5.82 Å². The molecule has 1 fully saturated rings. The van der Waals surface area contributed by atoms with Crippen LogP contribution in [-0.2, 0) is 7.05 Å². The monoisotopic (exact) mass is 229 g/mol. The summed E-state index contributed by atoms with van der Waals surface area (Å²) in [5, 5.41) is 4.17. The smallest absolute Gasteiger partial charge is 0.134 e. The number of anilines is 1. The van der Waals surface area contributed by atoms with E-state index < -0.39 is 0 Å². The molecule has 0 amide bonds. The molecule has 0 saturated heterocycles. The van der Waals surface area contributed by atoms with Gasteiger partial charge in [-0.3, -0.25) is 4.68 Å². The topological polar surface area (TPSA) is 69.6 Å². The summed E-state index contributed by atoms with van der Waals surface area (Å²) in [6.45, 7) is 1.95. The molecule has 5 heteroatoms. The molecule has 2 heterocycles. The lowest BCUT2D eigenvalue weighted by molar-refractivity contribution is 0.768. The maximum atomic E-state index is 5.95. The van der Waals surface area contributed by atoms with Crippen LogP contribution in [0.3, 0.4) is 0 Å². The van der Waals surface area contributed by atoms with Crippen LogP contribution in [0.1, 0.15) is 30.1 Å². The minimum atomic E-state index is 0.508. The van der Waals surface area contributed by atoms with Crippen LogP contribution < -0.4 is 5.73 Å². The Morgan fingerprint density at radius 3 is 2.71 bits per heavy atom. The van der Waals surface area contributed by atoms with E-state index >= 15 is 0 Å². The van der Waals surface area contributed by atoms with Gasteiger partial charge in [0.2, 0.25) is 0 Å². The molecule has 0 aliphatic heterocycles. The highest BCUT2D eigenvalue weighted by atomic mass is 15.2. The van der Waals surface area contributed by atoms with E-state index in [1.54, 1.807) is 4.68 Å². The Kier molecular flexibility index (Phi) is 2.14. The lowest BCUT2D eigenvalue weighted by Crippen LogP contribution is -2.03. The number of hydrogen-bond acceptors (Lipinski definition) is 4. The highest BCUT2D eigenvalue weighted by Gasteiger charge is 2.28. The minimum Gasteiger partial charge on any atom is -0.383 e. The number of nitrogens with two attached hydrogens (primary N) is 1. The third kappa shape index (κ3) is 1.77. The van der Waals surface area contributed by atoms with Crippen molar-refractivity contribution in [3.05, 3.63) is 23.8 Å². The Morgan fingerprint density at radius 1 is 1.35 bits per heavy atom. The number of hydrogen-bond donors (Lipinski definition) is 1. The van der Waals surface area contributed by atoms with Crippen LogP contribution in [0.25, 0.3) is 11.3 Å². The molecule has 1 aliphatic carbocycles. The molecule has 0 aromatic carbocycles. The van der Waals surface area contributed by atoms with Crippen LogP contribution in [-0.4, -0.2) is 19.7 Å². The molecule has 0 spiro atoms. The molecule has 88 valence electrons. The van der Waals surface area contributed by atoms with Gasteiger partial charge in [0.25, 0.3) is 0 Å². The van der Waals surface area contributed by atoms with Crippen molar-refractivity contribution in [2.24, 2.45) is 7.05 Å². The average Bonchev–Trinajstić information content (AvgIpc) is 3.05. The zero-order valence-corrected chi connectivity index (χ0v) is 10.0. The first kappa shape index (κ1) is 10.3. The Morgan fingerprint density at radius 2 is 2.12 bits per heavy atom. The van der Waals surface area contributed by atoms with Gasteiger partial charge in [0.05, 0.1) is 11.9 Å². The number of nitrogens with zero attached hydrogens (tertiary/aromatic N) is 4. The first-order valence-corrected chi connectivity index (χ1v) is 5.78. The molecule has 1 aliphatic rings. The van der Waals surface area contributed by atoms with E-state index in [4.69, 9.17) is 5.73 Å². The Bertz CT molecular complexity index is 568. The Hall–Kier alpha value is -1.91. The predicted molar refractivity (Wildman–Crippen MR) is 65.4 cm³/mol. The van der Waals surface area contributed by atoms with E-state index in [0.717, 1.165) is 22.6 Å². The van der Waals surface area contributed by atoms with Crippen molar-refractivity contribution in [1.82, 2.24) is 19.7 Å². The molecule has 0 radical (unpaired) electrons. The highest BCUT2D eigenvalue weighted by molar-refractivity contribution is 5.66. The summed E-state index contributed by atoms with van der Waals surface area (Å²) in [6.07, 6.45) is 6.11. The SMILES string of the molecule is Cc1c(N)nc(C2CC2)nc1-c1cnn(C)c1. The fourth-order valence-electron chi connectivity index (χ4n) is 1.90. The van der Waals surface area contributed by atoms with E-state index in [2.05, 4.69) is 15.1 Å². The zero-order valence-electron chi connectivity index (χ0n) is 10.0. The zero-order chi connectivity index (χ0) is 12.0. The molecule has 17 heavy (non-hydrogen) atoms. The number of rotatable bonds is 2. The third-order valence-corrected chi connectivity index (χ3v) is 3.12. The van der Waals surface area contributed by atoms with E-state index in [1.807, 2.05) is 26.4 Å². The summed E-state index contributed by atoms with van der Waals surface area (Å²) in [4.78, 5) is 9.00. The molecule has 0 atom stereocenters. The minimum absolute atomic E-state index is 0.508. The molecular weight excluding hydrogens is 214 g/mol. The van der Waals surface area contributed by atoms with Gasteiger partial charge in [-0.1, -0.05) is 0 Å². The molecule has 2 aromatic rings. The van der Waals surface area contributed by atoms with Crippen LogP contribution in [0.4, 0.5) is 5.82 Å². The van der Waals surface area contributed by atoms with Gasteiger partial charge in [0.15, 0.2) is 0 Å². The molecule has 3 rings (SSSR count). The van der Waals surface area contributed by atoms with E-state index in [1.165, 1.54) is 12.8 Å². The fraction of sp³-hybridized carbons (Fsp3) is 0.417. The van der Waals surface area contributed by atoms with E-state index in [-0.39, 0.29) is 0 Å². The van der Waals surface area contributed by atoms with Crippen molar-refractivity contribution in [2.75, 3.05) is 5.73 Å². The molecule has 5 nitrogen and oxygen atoms in total. The summed E-state index contributed by atoms with van der Waals surface area (Å²) < 4.78 is 1.77. The van der Waals surface area contributed by atoms with Crippen LogP contribution in [0.15, 0.2) is 12.4 Å². The molecule has 0 bridgehead atoms.